The number of Topliss-reactive ketones (excluding diaryl/α,β-unsaturated/α-hetero) is 1. The molecule has 4 rings (SSSR count). The van der Waals surface area contributed by atoms with E-state index in [4.69, 9.17) is 9.47 Å². The number of rotatable bonds is 4. The molecule has 0 saturated heterocycles. The SMILES string of the molecule is CC(C)=CCC[C@]1(C)C=Cc2c(cc3c(c2O)C(=O)C[C@@H](c2ccc(O)cc2O)O3)O1. The van der Waals surface area contributed by atoms with Crippen LogP contribution in [0.1, 0.15) is 67.6 Å². The number of hydrogen-bond donors (Lipinski definition) is 3. The Kier molecular flexibility index (Phi) is 5.17. The third-order valence-corrected chi connectivity index (χ3v) is 5.68. The third-order valence-electron chi connectivity index (χ3n) is 5.68. The van der Waals surface area contributed by atoms with Crippen molar-refractivity contribution in [1.29, 1.82) is 0 Å². The maximum Gasteiger partial charge on any atom is 0.174 e. The Morgan fingerprint density at radius 2 is 1.97 bits per heavy atom. The molecule has 2 aromatic rings. The first kappa shape index (κ1) is 20.8. The summed E-state index contributed by atoms with van der Waals surface area (Å²) in [7, 11) is 0. The average Bonchev–Trinajstić information content (AvgIpc) is 2.66. The lowest BCUT2D eigenvalue weighted by molar-refractivity contribution is 0.0838. The van der Waals surface area contributed by atoms with Crippen LogP contribution in [0.2, 0.25) is 0 Å². The van der Waals surface area contributed by atoms with E-state index in [1.807, 2.05) is 13.0 Å². The van der Waals surface area contributed by atoms with Gasteiger partial charge in [-0.2, -0.15) is 0 Å². The molecule has 6 nitrogen and oxygen atoms in total. The van der Waals surface area contributed by atoms with Gasteiger partial charge in [0.1, 0.15) is 46.0 Å². The predicted octanol–water partition coefficient (Wildman–Crippen LogP) is 5.42. The molecule has 6 heteroatoms. The van der Waals surface area contributed by atoms with Crippen LogP contribution in [0.5, 0.6) is 28.7 Å². The van der Waals surface area contributed by atoms with E-state index in [-0.39, 0.29) is 40.8 Å². The molecule has 3 N–H and O–H groups in total. The summed E-state index contributed by atoms with van der Waals surface area (Å²) >= 11 is 0. The molecule has 162 valence electrons. The molecule has 2 atom stereocenters. The summed E-state index contributed by atoms with van der Waals surface area (Å²) in [6.07, 6.45) is 6.69. The minimum atomic E-state index is -0.735. The van der Waals surface area contributed by atoms with Crippen molar-refractivity contribution in [1.82, 2.24) is 0 Å². The summed E-state index contributed by atoms with van der Waals surface area (Å²) in [5.41, 5.74) is 1.66. The summed E-state index contributed by atoms with van der Waals surface area (Å²) in [6, 6.07) is 5.78. The summed E-state index contributed by atoms with van der Waals surface area (Å²) < 4.78 is 12.2. The lowest BCUT2D eigenvalue weighted by atomic mass is 9.90. The fraction of sp³-hybridized carbons (Fsp3) is 0.320. The molecular formula is C25H26O6. The first-order valence-electron chi connectivity index (χ1n) is 10.3. The maximum absolute atomic E-state index is 12.8. The number of phenols is 3. The second kappa shape index (κ2) is 7.69. The van der Waals surface area contributed by atoms with Gasteiger partial charge in [-0.3, -0.25) is 4.79 Å². The first-order chi connectivity index (χ1) is 14.7. The van der Waals surface area contributed by atoms with E-state index in [1.165, 1.54) is 23.8 Å². The van der Waals surface area contributed by atoms with E-state index in [0.717, 1.165) is 12.8 Å². The maximum atomic E-state index is 12.8. The predicted molar refractivity (Wildman–Crippen MR) is 117 cm³/mol. The van der Waals surface area contributed by atoms with E-state index in [2.05, 4.69) is 19.9 Å². The average molecular weight is 422 g/mol. The molecule has 2 aliphatic rings. The molecule has 0 spiro atoms. The number of aromatic hydroxyl groups is 3. The molecule has 0 radical (unpaired) electrons. The van der Waals surface area contributed by atoms with E-state index in [1.54, 1.807) is 12.1 Å². The summed E-state index contributed by atoms with van der Waals surface area (Å²) in [5.74, 6) is -0.0240. The topological polar surface area (TPSA) is 96.2 Å². The number of ether oxygens (including phenoxy) is 2. The Hall–Kier alpha value is -3.41. The highest BCUT2D eigenvalue weighted by Gasteiger charge is 2.36. The normalized spacial score (nSPS) is 21.5. The van der Waals surface area contributed by atoms with E-state index >= 15 is 0 Å². The number of phenolic OH excluding ortho intramolecular Hbond substituents is 3. The molecule has 2 heterocycles. The highest BCUT2D eigenvalue weighted by molar-refractivity contribution is 6.04. The molecule has 0 unspecified atom stereocenters. The van der Waals surface area contributed by atoms with Gasteiger partial charge in [-0.1, -0.05) is 11.6 Å². The van der Waals surface area contributed by atoms with Crippen molar-refractivity contribution in [3.05, 3.63) is 58.7 Å². The van der Waals surface area contributed by atoms with Crippen LogP contribution in [-0.4, -0.2) is 26.7 Å². The van der Waals surface area contributed by atoms with Gasteiger partial charge in [-0.15, -0.1) is 0 Å². The molecule has 0 bridgehead atoms. The summed E-state index contributed by atoms with van der Waals surface area (Å²) in [5, 5.41) is 30.5. The zero-order valence-corrected chi connectivity index (χ0v) is 17.8. The van der Waals surface area contributed by atoms with Crippen molar-refractivity contribution in [3.63, 3.8) is 0 Å². The smallest absolute Gasteiger partial charge is 0.174 e. The van der Waals surface area contributed by atoms with Crippen LogP contribution in [0, 0.1) is 0 Å². The fourth-order valence-electron chi connectivity index (χ4n) is 4.01. The fourth-order valence-corrected chi connectivity index (χ4v) is 4.01. The van der Waals surface area contributed by atoms with Crippen molar-refractivity contribution >= 4 is 11.9 Å². The molecule has 2 aliphatic heterocycles. The molecule has 0 fully saturated rings. The van der Waals surface area contributed by atoms with Crippen LogP contribution in [0.15, 0.2) is 42.0 Å². The van der Waals surface area contributed by atoms with Crippen LogP contribution in [0.3, 0.4) is 0 Å². The Labute approximate surface area is 181 Å². The number of ketones is 1. The van der Waals surface area contributed by atoms with Crippen LogP contribution in [0.25, 0.3) is 6.08 Å². The number of carbonyl (C=O) groups excluding carboxylic acids is 1. The number of benzene rings is 2. The van der Waals surface area contributed by atoms with Crippen LogP contribution in [-0.2, 0) is 0 Å². The minimum absolute atomic E-state index is 0.0390. The Bertz CT molecular complexity index is 1110. The van der Waals surface area contributed by atoms with Gasteiger partial charge in [0, 0.05) is 17.7 Å². The molecular weight excluding hydrogens is 396 g/mol. The van der Waals surface area contributed by atoms with Crippen LogP contribution < -0.4 is 9.47 Å². The lowest BCUT2D eigenvalue weighted by Gasteiger charge is -2.34. The third kappa shape index (κ3) is 3.98. The van der Waals surface area contributed by atoms with Gasteiger partial charge < -0.3 is 24.8 Å². The molecule has 2 aromatic carbocycles. The van der Waals surface area contributed by atoms with Gasteiger partial charge in [-0.05, 0) is 57.9 Å². The van der Waals surface area contributed by atoms with Crippen molar-refractivity contribution in [2.75, 3.05) is 0 Å². The monoisotopic (exact) mass is 422 g/mol. The van der Waals surface area contributed by atoms with E-state index in [9.17, 15) is 20.1 Å². The highest BCUT2D eigenvalue weighted by atomic mass is 16.5. The standard InChI is InChI=1S/C25H26O6/c1-14(2)5-4-9-25(3)10-8-17-21(31-25)13-22-23(24(17)29)19(28)12-20(30-22)16-7-6-15(26)11-18(16)27/h5-8,10-11,13,20,26-27,29H,4,9,12H2,1-3H3/t20-,25+/m0/s1. The molecule has 0 aromatic heterocycles. The number of carbonyl (C=O) groups is 1. The van der Waals surface area contributed by atoms with Crippen molar-refractivity contribution in [2.45, 2.75) is 51.7 Å². The lowest BCUT2D eigenvalue weighted by Crippen LogP contribution is -2.32. The highest BCUT2D eigenvalue weighted by Crippen LogP contribution is 2.48. The second-order valence-corrected chi connectivity index (χ2v) is 8.56. The summed E-state index contributed by atoms with van der Waals surface area (Å²) in [6.45, 7) is 6.08. The molecule has 0 amide bonds. The van der Waals surface area contributed by atoms with Gasteiger partial charge in [0.05, 0.1) is 12.0 Å². The Balaban J connectivity index is 1.67. The molecule has 31 heavy (non-hydrogen) atoms. The van der Waals surface area contributed by atoms with E-state index in [0.29, 0.717) is 16.9 Å². The minimum Gasteiger partial charge on any atom is -0.508 e. The van der Waals surface area contributed by atoms with Crippen molar-refractivity contribution in [3.8, 4) is 28.7 Å². The molecule has 0 aliphatic carbocycles. The van der Waals surface area contributed by atoms with Crippen LogP contribution in [0.4, 0.5) is 0 Å². The zero-order chi connectivity index (χ0) is 22.3. The number of fused-ring (bicyclic) bond motifs is 2. The largest absolute Gasteiger partial charge is 0.508 e. The van der Waals surface area contributed by atoms with Crippen molar-refractivity contribution < 1.29 is 29.6 Å². The Morgan fingerprint density at radius 1 is 1.19 bits per heavy atom. The van der Waals surface area contributed by atoms with Gasteiger partial charge >= 0.3 is 0 Å². The Morgan fingerprint density at radius 3 is 2.68 bits per heavy atom. The van der Waals surface area contributed by atoms with Gasteiger partial charge in [0.25, 0.3) is 0 Å². The number of hydrogen-bond acceptors (Lipinski definition) is 6. The van der Waals surface area contributed by atoms with Gasteiger partial charge in [-0.25, -0.2) is 0 Å². The molecule has 0 saturated carbocycles. The van der Waals surface area contributed by atoms with Gasteiger partial charge in [0.2, 0.25) is 0 Å². The van der Waals surface area contributed by atoms with Crippen LogP contribution >= 0.6 is 0 Å². The second-order valence-electron chi connectivity index (χ2n) is 8.56. The zero-order valence-electron chi connectivity index (χ0n) is 17.8. The summed E-state index contributed by atoms with van der Waals surface area (Å²) in [4.78, 5) is 12.8. The quantitative estimate of drug-likeness (QED) is 0.569. The van der Waals surface area contributed by atoms with E-state index < -0.39 is 11.7 Å². The number of allylic oxidation sites excluding steroid dienone is 2. The van der Waals surface area contributed by atoms with Crippen molar-refractivity contribution in [2.24, 2.45) is 0 Å². The van der Waals surface area contributed by atoms with Gasteiger partial charge in [0.15, 0.2) is 5.78 Å². The first-order valence-corrected chi connectivity index (χ1v) is 10.3.